The number of para-hydroxylation sites is 1. The number of amides is 1. The van der Waals surface area contributed by atoms with Gasteiger partial charge in [0.15, 0.2) is 0 Å². The number of carbonyl (C=O) groups excluding carboxylic acids is 1. The van der Waals surface area contributed by atoms with Crippen LogP contribution in [0, 0.1) is 5.82 Å². The minimum atomic E-state index is -4.71. The number of benzene rings is 2. The van der Waals surface area contributed by atoms with Gasteiger partial charge in [-0.3, -0.25) is 19.7 Å². The van der Waals surface area contributed by atoms with E-state index in [0.29, 0.717) is 10.9 Å². The Morgan fingerprint density at radius 2 is 1.63 bits per heavy atom. The van der Waals surface area contributed by atoms with Gasteiger partial charge in [0.25, 0.3) is 5.91 Å². The van der Waals surface area contributed by atoms with Gasteiger partial charge in [0, 0.05) is 34.9 Å². The predicted octanol–water partition coefficient (Wildman–Crippen LogP) is 5.86. The second kappa shape index (κ2) is 8.75. The molecule has 35 heavy (non-hydrogen) atoms. The van der Waals surface area contributed by atoms with E-state index in [1.54, 1.807) is 36.5 Å². The molecule has 1 unspecified atom stereocenters. The Labute approximate surface area is 196 Å². The molecule has 0 spiro atoms. The van der Waals surface area contributed by atoms with E-state index in [4.69, 9.17) is 0 Å². The van der Waals surface area contributed by atoms with Gasteiger partial charge < -0.3 is 5.32 Å². The molecule has 5 aromatic rings. The smallest absolute Gasteiger partial charge is 0.339 e. The Hall–Kier alpha value is -4.40. The quantitative estimate of drug-likeness (QED) is 0.330. The molecule has 0 aliphatic rings. The fourth-order valence-corrected chi connectivity index (χ4v) is 3.92. The van der Waals surface area contributed by atoms with Crippen molar-refractivity contribution in [1.82, 2.24) is 20.3 Å². The Morgan fingerprint density at radius 1 is 0.857 bits per heavy atom. The van der Waals surface area contributed by atoms with Gasteiger partial charge >= 0.3 is 6.18 Å². The summed E-state index contributed by atoms with van der Waals surface area (Å²) in [7, 11) is 0. The maximum atomic E-state index is 14.1. The minimum absolute atomic E-state index is 0.0685. The van der Waals surface area contributed by atoms with Crippen molar-refractivity contribution in [3.8, 4) is 0 Å². The number of hydrogen-bond donors (Lipinski definition) is 1. The third kappa shape index (κ3) is 4.40. The first-order valence-corrected chi connectivity index (χ1v) is 10.5. The number of halogens is 4. The van der Waals surface area contributed by atoms with Crippen molar-refractivity contribution < 1.29 is 22.4 Å². The van der Waals surface area contributed by atoms with Gasteiger partial charge in [-0.15, -0.1) is 0 Å². The Balaban J connectivity index is 1.62. The fourth-order valence-electron chi connectivity index (χ4n) is 3.92. The largest absolute Gasteiger partial charge is 0.418 e. The third-order valence-electron chi connectivity index (χ3n) is 5.58. The van der Waals surface area contributed by atoms with Crippen LogP contribution in [0.1, 0.15) is 33.2 Å². The molecule has 1 amide bonds. The van der Waals surface area contributed by atoms with Crippen LogP contribution in [0.3, 0.4) is 0 Å². The lowest BCUT2D eigenvalue weighted by Gasteiger charge is -2.22. The number of pyridine rings is 3. The zero-order valence-corrected chi connectivity index (χ0v) is 17.9. The van der Waals surface area contributed by atoms with Crippen LogP contribution in [0.5, 0.6) is 0 Å². The first-order valence-electron chi connectivity index (χ1n) is 10.5. The average Bonchev–Trinajstić information content (AvgIpc) is 2.86. The topological polar surface area (TPSA) is 67.8 Å². The van der Waals surface area contributed by atoms with E-state index < -0.39 is 35.2 Å². The Kier molecular flexibility index (Phi) is 5.60. The van der Waals surface area contributed by atoms with Crippen molar-refractivity contribution in [3.63, 3.8) is 0 Å². The number of fused-ring (bicyclic) bond motifs is 2. The number of nitrogens with zero attached hydrogens (tertiary/aromatic N) is 3. The van der Waals surface area contributed by atoms with Crippen molar-refractivity contribution in [2.75, 3.05) is 0 Å². The average molecular weight is 476 g/mol. The molecule has 0 radical (unpaired) electrons. The van der Waals surface area contributed by atoms with Crippen molar-refractivity contribution in [2.24, 2.45) is 0 Å². The molecule has 0 aliphatic heterocycles. The van der Waals surface area contributed by atoms with E-state index in [2.05, 4.69) is 20.3 Å². The van der Waals surface area contributed by atoms with Crippen LogP contribution in [0.15, 0.2) is 85.3 Å². The maximum Gasteiger partial charge on any atom is 0.418 e. The highest BCUT2D eigenvalue weighted by Gasteiger charge is 2.37. The summed E-state index contributed by atoms with van der Waals surface area (Å²) in [5, 5.41) is 3.85. The van der Waals surface area contributed by atoms with Crippen LogP contribution in [-0.2, 0) is 6.18 Å². The van der Waals surface area contributed by atoms with Crippen LogP contribution in [0.2, 0.25) is 0 Å². The molecule has 1 N–H and O–H groups in total. The lowest BCUT2D eigenvalue weighted by atomic mass is 9.98. The maximum absolute atomic E-state index is 14.1. The molecule has 0 saturated heterocycles. The highest BCUT2D eigenvalue weighted by molar-refractivity contribution is 5.98. The molecular weight excluding hydrogens is 460 g/mol. The summed E-state index contributed by atoms with van der Waals surface area (Å²) in [5.41, 5.74) is -0.327. The van der Waals surface area contributed by atoms with Crippen molar-refractivity contribution >= 4 is 27.7 Å². The normalized spacial score (nSPS) is 12.6. The molecular formula is C26H16F4N4O. The molecule has 3 heterocycles. The van der Waals surface area contributed by atoms with Gasteiger partial charge in [-0.1, -0.05) is 24.3 Å². The van der Waals surface area contributed by atoms with Crippen molar-refractivity contribution in [1.29, 1.82) is 0 Å². The van der Waals surface area contributed by atoms with Gasteiger partial charge in [0.05, 0.1) is 22.8 Å². The Bertz CT molecular complexity index is 1570. The summed E-state index contributed by atoms with van der Waals surface area (Å²) in [6.07, 6.45) is -0.670. The summed E-state index contributed by atoms with van der Waals surface area (Å²) in [4.78, 5) is 25.5. The highest BCUT2D eigenvalue weighted by Crippen LogP contribution is 2.36. The number of rotatable bonds is 4. The first-order chi connectivity index (χ1) is 16.8. The molecule has 5 rings (SSSR count). The second-order valence-electron chi connectivity index (χ2n) is 7.83. The molecule has 0 fully saturated rings. The molecule has 0 aliphatic carbocycles. The summed E-state index contributed by atoms with van der Waals surface area (Å²) < 4.78 is 55.6. The molecule has 5 nitrogen and oxygen atoms in total. The van der Waals surface area contributed by atoms with Crippen LogP contribution >= 0.6 is 0 Å². The van der Waals surface area contributed by atoms with Crippen LogP contribution < -0.4 is 5.32 Å². The summed E-state index contributed by atoms with van der Waals surface area (Å²) in [5.74, 6) is -1.19. The summed E-state index contributed by atoms with van der Waals surface area (Å²) in [6.45, 7) is 0. The van der Waals surface area contributed by atoms with Gasteiger partial charge in [-0.2, -0.15) is 13.2 Å². The SMILES string of the molecule is O=C(NC(c1cnc2c(F)cccc2c1)c1ncccc1C(F)(F)F)c1ccc2cccnc2c1. The zero-order chi connectivity index (χ0) is 24.6. The highest BCUT2D eigenvalue weighted by atomic mass is 19.4. The van der Waals surface area contributed by atoms with E-state index >= 15 is 0 Å². The monoisotopic (exact) mass is 476 g/mol. The zero-order valence-electron chi connectivity index (χ0n) is 17.9. The molecule has 0 saturated carbocycles. The lowest BCUT2D eigenvalue weighted by Crippen LogP contribution is -2.31. The number of hydrogen-bond acceptors (Lipinski definition) is 4. The Morgan fingerprint density at radius 3 is 2.46 bits per heavy atom. The predicted molar refractivity (Wildman–Crippen MR) is 122 cm³/mol. The molecule has 174 valence electrons. The molecule has 3 aromatic heterocycles. The number of nitrogens with one attached hydrogen (secondary N) is 1. The molecule has 1 atom stereocenters. The van der Waals surface area contributed by atoms with Crippen LogP contribution in [0.4, 0.5) is 17.6 Å². The first kappa shape index (κ1) is 22.4. The van der Waals surface area contributed by atoms with E-state index in [9.17, 15) is 22.4 Å². The molecule has 9 heteroatoms. The van der Waals surface area contributed by atoms with E-state index in [-0.39, 0.29) is 16.6 Å². The van der Waals surface area contributed by atoms with E-state index in [1.807, 2.05) is 6.07 Å². The van der Waals surface area contributed by atoms with Crippen molar-refractivity contribution in [3.05, 3.63) is 114 Å². The van der Waals surface area contributed by atoms with E-state index in [0.717, 1.165) is 11.5 Å². The number of aromatic nitrogens is 3. The van der Waals surface area contributed by atoms with E-state index in [1.165, 1.54) is 36.7 Å². The molecule has 0 bridgehead atoms. The summed E-state index contributed by atoms with van der Waals surface area (Å²) in [6, 6.07) is 15.0. The minimum Gasteiger partial charge on any atom is -0.339 e. The van der Waals surface area contributed by atoms with Gasteiger partial charge in [-0.25, -0.2) is 4.39 Å². The van der Waals surface area contributed by atoms with Crippen molar-refractivity contribution in [2.45, 2.75) is 12.2 Å². The summed E-state index contributed by atoms with van der Waals surface area (Å²) >= 11 is 0. The van der Waals surface area contributed by atoms with Crippen LogP contribution in [-0.4, -0.2) is 20.9 Å². The van der Waals surface area contributed by atoms with Gasteiger partial charge in [-0.05, 0) is 48.0 Å². The van der Waals surface area contributed by atoms with Crippen LogP contribution in [0.25, 0.3) is 21.8 Å². The van der Waals surface area contributed by atoms with Gasteiger partial charge in [0.2, 0.25) is 0 Å². The second-order valence-corrected chi connectivity index (χ2v) is 7.83. The number of alkyl halides is 3. The number of carbonyl (C=O) groups is 1. The fraction of sp³-hybridized carbons (Fsp3) is 0.0769. The standard InChI is InChI=1S/C26H16F4N4O/c27-20-7-1-4-16-12-18(14-33-22(16)20)23(24-19(26(28,29)30)6-3-11-32-24)34-25(35)17-9-8-15-5-2-10-31-21(15)13-17/h1-14,23H,(H,34,35). The molecule has 2 aromatic carbocycles. The lowest BCUT2D eigenvalue weighted by molar-refractivity contribution is -0.138. The third-order valence-corrected chi connectivity index (χ3v) is 5.58. The van der Waals surface area contributed by atoms with Gasteiger partial charge in [0.1, 0.15) is 11.3 Å².